The highest BCUT2D eigenvalue weighted by atomic mass is 79.9. The summed E-state index contributed by atoms with van der Waals surface area (Å²) in [7, 11) is 0. The maximum absolute atomic E-state index is 14.4. The number of benzene rings is 1. The van der Waals surface area contributed by atoms with E-state index in [1.54, 1.807) is 21.7 Å². The Morgan fingerprint density at radius 3 is 2.48 bits per heavy atom. The van der Waals surface area contributed by atoms with Gasteiger partial charge in [0.2, 0.25) is 0 Å². The molecule has 27 heavy (non-hydrogen) atoms. The summed E-state index contributed by atoms with van der Waals surface area (Å²) in [5, 5.41) is 0.738. The minimum Gasteiger partial charge on any atom is -0.444 e. The lowest BCUT2D eigenvalue weighted by atomic mass is 10.0. The zero-order chi connectivity index (χ0) is 19.9. The molecule has 1 aromatic carbocycles. The summed E-state index contributed by atoms with van der Waals surface area (Å²) in [4.78, 5) is 26.8. The van der Waals surface area contributed by atoms with Crippen molar-refractivity contribution in [2.45, 2.75) is 52.2 Å². The molecule has 1 aliphatic heterocycles. The molecule has 0 N–H and O–H groups in total. The van der Waals surface area contributed by atoms with Gasteiger partial charge >= 0.3 is 6.09 Å². The third kappa shape index (κ3) is 4.18. The molecule has 0 aliphatic carbocycles. The van der Waals surface area contributed by atoms with Gasteiger partial charge in [-0.05, 0) is 63.6 Å². The van der Waals surface area contributed by atoms with Crippen LogP contribution in [0.3, 0.4) is 0 Å². The number of nitrogens with zero attached hydrogens (tertiary/aromatic N) is 2. The van der Waals surface area contributed by atoms with Crippen LogP contribution in [-0.2, 0) is 4.74 Å². The van der Waals surface area contributed by atoms with Gasteiger partial charge in [0.15, 0.2) is 0 Å². The Kier molecular flexibility index (Phi) is 5.34. The zero-order valence-corrected chi connectivity index (χ0v) is 17.6. The number of aromatic nitrogens is 1. The first-order chi connectivity index (χ1) is 12.6. The van der Waals surface area contributed by atoms with Crippen molar-refractivity contribution in [3.8, 4) is 0 Å². The van der Waals surface area contributed by atoms with Crippen molar-refractivity contribution in [1.29, 1.82) is 0 Å². The molecule has 0 radical (unpaired) electrons. The monoisotopic (exact) mass is 438 g/mol. The molecule has 1 saturated heterocycles. The van der Waals surface area contributed by atoms with Crippen LogP contribution in [0.4, 0.5) is 9.18 Å². The lowest BCUT2D eigenvalue weighted by Crippen LogP contribution is -2.43. The predicted molar refractivity (Wildman–Crippen MR) is 107 cm³/mol. The van der Waals surface area contributed by atoms with Crippen molar-refractivity contribution in [2.24, 2.45) is 0 Å². The minimum absolute atomic E-state index is 0.0673. The fourth-order valence-electron chi connectivity index (χ4n) is 3.49. The van der Waals surface area contributed by atoms with E-state index in [-0.39, 0.29) is 23.1 Å². The number of pyridine rings is 1. The van der Waals surface area contributed by atoms with Crippen molar-refractivity contribution >= 4 is 32.8 Å². The summed E-state index contributed by atoms with van der Waals surface area (Å²) >= 11 is 3.28. The van der Waals surface area contributed by atoms with E-state index in [4.69, 9.17) is 4.74 Å². The van der Waals surface area contributed by atoms with Crippen LogP contribution in [-0.4, -0.2) is 34.3 Å². The van der Waals surface area contributed by atoms with Gasteiger partial charge in [0.25, 0.3) is 5.56 Å². The van der Waals surface area contributed by atoms with E-state index in [0.29, 0.717) is 35.8 Å². The quantitative estimate of drug-likeness (QED) is 0.643. The highest BCUT2D eigenvalue weighted by Gasteiger charge is 2.28. The van der Waals surface area contributed by atoms with Gasteiger partial charge in [-0.25, -0.2) is 9.18 Å². The molecule has 0 unspecified atom stereocenters. The first kappa shape index (κ1) is 19.9. The molecule has 7 heteroatoms. The number of hydrogen-bond donors (Lipinski definition) is 0. The van der Waals surface area contributed by atoms with Crippen LogP contribution >= 0.6 is 15.9 Å². The summed E-state index contributed by atoms with van der Waals surface area (Å²) < 4.78 is 22.1. The molecular weight excluding hydrogens is 415 g/mol. The Balaban J connectivity index is 1.85. The summed E-state index contributed by atoms with van der Waals surface area (Å²) in [6.07, 6.45) is 2.72. The maximum atomic E-state index is 14.4. The number of fused-ring (bicyclic) bond motifs is 1. The second-order valence-electron chi connectivity index (χ2n) is 8.03. The second-order valence-corrected chi connectivity index (χ2v) is 8.95. The fourth-order valence-corrected chi connectivity index (χ4v) is 3.92. The Bertz CT molecular complexity index is 941. The highest BCUT2D eigenvalue weighted by Crippen LogP contribution is 2.27. The third-order valence-corrected chi connectivity index (χ3v) is 5.23. The molecule has 1 aliphatic rings. The number of carbonyl (C=O) groups is 1. The van der Waals surface area contributed by atoms with Gasteiger partial charge in [-0.1, -0.05) is 15.9 Å². The van der Waals surface area contributed by atoms with E-state index in [1.807, 2.05) is 27.7 Å². The Hall–Kier alpha value is -1.89. The third-order valence-electron chi connectivity index (χ3n) is 4.77. The number of ether oxygens (including phenoxy) is 1. The average molecular weight is 439 g/mol. The summed E-state index contributed by atoms with van der Waals surface area (Å²) in [6.45, 7) is 8.39. The van der Waals surface area contributed by atoms with Crippen LogP contribution in [0, 0.1) is 12.7 Å². The van der Waals surface area contributed by atoms with Gasteiger partial charge in [-0.2, -0.15) is 0 Å². The topological polar surface area (TPSA) is 51.5 Å². The number of carbonyl (C=O) groups excluding carboxylic acids is 1. The number of rotatable bonds is 1. The molecule has 0 atom stereocenters. The Labute approximate surface area is 166 Å². The van der Waals surface area contributed by atoms with E-state index in [1.165, 1.54) is 6.07 Å². The summed E-state index contributed by atoms with van der Waals surface area (Å²) in [5.74, 6) is -0.520. The maximum Gasteiger partial charge on any atom is 0.410 e. The van der Waals surface area contributed by atoms with Crippen LogP contribution in [0.5, 0.6) is 0 Å². The van der Waals surface area contributed by atoms with E-state index < -0.39 is 11.4 Å². The zero-order valence-electron chi connectivity index (χ0n) is 16.0. The number of amides is 1. The molecule has 0 bridgehead atoms. The largest absolute Gasteiger partial charge is 0.444 e. The highest BCUT2D eigenvalue weighted by molar-refractivity contribution is 9.10. The molecule has 1 aromatic heterocycles. The normalized spacial score (nSPS) is 16.0. The smallest absolute Gasteiger partial charge is 0.410 e. The molecule has 2 heterocycles. The van der Waals surface area contributed by atoms with E-state index in [9.17, 15) is 14.0 Å². The van der Waals surface area contributed by atoms with Gasteiger partial charge in [0, 0.05) is 29.8 Å². The summed E-state index contributed by atoms with van der Waals surface area (Å²) in [5.41, 5.74) is -0.0118. The van der Waals surface area contributed by atoms with Crippen molar-refractivity contribution in [1.82, 2.24) is 9.47 Å². The Morgan fingerprint density at radius 1 is 1.26 bits per heavy atom. The number of likely N-dealkylation sites (tertiary alicyclic amines) is 1. The van der Waals surface area contributed by atoms with Crippen LogP contribution in [0.2, 0.25) is 0 Å². The molecule has 1 amide bonds. The van der Waals surface area contributed by atoms with E-state index in [0.717, 1.165) is 5.56 Å². The molecule has 2 aromatic rings. The van der Waals surface area contributed by atoms with Crippen LogP contribution in [0.15, 0.2) is 27.6 Å². The van der Waals surface area contributed by atoms with Gasteiger partial charge < -0.3 is 14.2 Å². The lowest BCUT2D eigenvalue weighted by Gasteiger charge is -2.34. The van der Waals surface area contributed by atoms with Crippen LogP contribution < -0.4 is 5.56 Å². The Morgan fingerprint density at radius 2 is 1.89 bits per heavy atom. The van der Waals surface area contributed by atoms with Gasteiger partial charge in [0.1, 0.15) is 11.4 Å². The van der Waals surface area contributed by atoms with Gasteiger partial charge in [-0.15, -0.1) is 0 Å². The first-order valence-corrected chi connectivity index (χ1v) is 9.84. The lowest BCUT2D eigenvalue weighted by molar-refractivity contribution is 0.0187. The van der Waals surface area contributed by atoms with Crippen molar-refractivity contribution < 1.29 is 13.9 Å². The van der Waals surface area contributed by atoms with Crippen molar-refractivity contribution in [3.63, 3.8) is 0 Å². The van der Waals surface area contributed by atoms with Gasteiger partial charge in [-0.3, -0.25) is 4.79 Å². The molecule has 5 nitrogen and oxygen atoms in total. The standard InChI is InChI=1S/C20H24BrFN2O3/c1-12-11-24(18(25)17-15(12)9-13(21)10-16(17)22)14-5-7-23(8-6-14)19(26)27-20(2,3)4/h9-11,14H,5-8H2,1-4H3. The second kappa shape index (κ2) is 7.26. The SMILES string of the molecule is Cc1cn(C2CCN(C(=O)OC(C)(C)C)CC2)c(=O)c2c(F)cc(Br)cc12. The fraction of sp³-hybridized carbons (Fsp3) is 0.500. The first-order valence-electron chi connectivity index (χ1n) is 9.05. The minimum atomic E-state index is -0.536. The van der Waals surface area contributed by atoms with E-state index in [2.05, 4.69) is 15.9 Å². The molecule has 1 fully saturated rings. The molecule has 146 valence electrons. The molecule has 0 saturated carbocycles. The predicted octanol–water partition coefficient (Wildman–Crippen LogP) is 4.78. The van der Waals surface area contributed by atoms with Crippen LogP contribution in [0.25, 0.3) is 10.8 Å². The summed E-state index contributed by atoms with van der Waals surface area (Å²) in [6, 6.07) is 3.02. The number of piperidine rings is 1. The van der Waals surface area contributed by atoms with Gasteiger partial charge in [0.05, 0.1) is 5.39 Å². The van der Waals surface area contributed by atoms with Crippen molar-refractivity contribution in [2.75, 3.05) is 13.1 Å². The molecule has 0 spiro atoms. The van der Waals surface area contributed by atoms with Crippen molar-refractivity contribution in [3.05, 3.63) is 44.5 Å². The molecule has 3 rings (SSSR count). The number of aryl methyl sites for hydroxylation is 1. The molecular formula is C20H24BrFN2O3. The van der Waals surface area contributed by atoms with Crippen LogP contribution in [0.1, 0.15) is 45.2 Å². The number of halogens is 2. The number of hydrogen-bond acceptors (Lipinski definition) is 3. The van der Waals surface area contributed by atoms with E-state index >= 15 is 0 Å². The average Bonchev–Trinajstić information content (AvgIpc) is 2.56.